The summed E-state index contributed by atoms with van der Waals surface area (Å²) in [7, 11) is 0. The Balaban J connectivity index is 1.66. The standard InChI is InChI=1S/C22H24N2O3/c25-19(26)14-21(12-16-6-4-5-7-17(16)13-21)20(27)24-22(10-11-23-15-22)18-8-2-1-3-9-18/h1-9,23H,10-15H2,(H,24,27)(H,25,26). The Kier molecular flexibility index (Phi) is 4.48. The lowest BCUT2D eigenvalue weighted by Gasteiger charge is -2.35. The number of hydrogen-bond donors (Lipinski definition) is 3. The first-order chi connectivity index (χ1) is 13.0. The van der Waals surface area contributed by atoms with E-state index < -0.39 is 16.9 Å². The second-order valence-corrected chi connectivity index (χ2v) is 7.80. The summed E-state index contributed by atoms with van der Waals surface area (Å²) in [5, 5.41) is 16.1. The number of amides is 1. The highest BCUT2D eigenvalue weighted by atomic mass is 16.4. The number of carboxylic acid groups (broad SMARTS) is 1. The van der Waals surface area contributed by atoms with E-state index in [2.05, 4.69) is 10.6 Å². The Labute approximate surface area is 158 Å². The van der Waals surface area contributed by atoms with Crippen molar-refractivity contribution in [2.75, 3.05) is 13.1 Å². The second kappa shape index (κ2) is 6.82. The van der Waals surface area contributed by atoms with Crippen LogP contribution in [0, 0.1) is 5.41 Å². The monoisotopic (exact) mass is 364 g/mol. The number of rotatable bonds is 5. The Bertz CT molecular complexity index is 832. The van der Waals surface area contributed by atoms with Gasteiger partial charge in [0, 0.05) is 6.54 Å². The largest absolute Gasteiger partial charge is 0.481 e. The molecule has 5 heteroatoms. The predicted molar refractivity (Wildman–Crippen MR) is 102 cm³/mol. The summed E-state index contributed by atoms with van der Waals surface area (Å²) < 4.78 is 0. The van der Waals surface area contributed by atoms with E-state index in [1.54, 1.807) is 0 Å². The zero-order chi connectivity index (χ0) is 18.9. The highest BCUT2D eigenvalue weighted by Crippen LogP contribution is 2.41. The molecule has 1 saturated heterocycles. The minimum Gasteiger partial charge on any atom is -0.481 e. The predicted octanol–water partition coefficient (Wildman–Crippen LogP) is 2.25. The van der Waals surface area contributed by atoms with E-state index in [1.807, 2.05) is 54.6 Å². The van der Waals surface area contributed by atoms with Crippen LogP contribution in [0.25, 0.3) is 0 Å². The molecule has 1 unspecified atom stereocenters. The molecule has 5 nitrogen and oxygen atoms in total. The maximum absolute atomic E-state index is 13.5. The molecule has 2 aromatic carbocycles. The number of aliphatic carboxylic acids is 1. The third-order valence-electron chi connectivity index (χ3n) is 5.98. The summed E-state index contributed by atoms with van der Waals surface area (Å²) in [4.78, 5) is 25.1. The summed E-state index contributed by atoms with van der Waals surface area (Å²) in [5.74, 6) is -1.09. The minimum absolute atomic E-state index is 0.159. The SMILES string of the molecule is O=C(O)CC1(C(=O)NC2(c3ccccc3)CCNC2)Cc2ccccc2C1. The first kappa shape index (κ1) is 17.7. The summed E-state index contributed by atoms with van der Waals surface area (Å²) in [6, 6.07) is 17.8. The number of benzene rings is 2. The first-order valence-corrected chi connectivity index (χ1v) is 9.41. The first-order valence-electron chi connectivity index (χ1n) is 9.41. The van der Waals surface area contributed by atoms with E-state index in [1.165, 1.54) is 0 Å². The maximum atomic E-state index is 13.5. The quantitative estimate of drug-likeness (QED) is 0.760. The van der Waals surface area contributed by atoms with Gasteiger partial charge in [-0.2, -0.15) is 0 Å². The average molecular weight is 364 g/mol. The molecule has 1 atom stereocenters. The molecule has 1 aliphatic carbocycles. The molecule has 3 N–H and O–H groups in total. The maximum Gasteiger partial charge on any atom is 0.304 e. The van der Waals surface area contributed by atoms with Crippen molar-refractivity contribution in [1.82, 2.24) is 10.6 Å². The fourth-order valence-corrected chi connectivity index (χ4v) is 4.57. The Morgan fingerprint density at radius 2 is 1.63 bits per heavy atom. The number of fused-ring (bicyclic) bond motifs is 1. The fraction of sp³-hybridized carbons (Fsp3) is 0.364. The van der Waals surface area contributed by atoms with Crippen molar-refractivity contribution < 1.29 is 14.7 Å². The van der Waals surface area contributed by atoms with Gasteiger partial charge in [0.15, 0.2) is 0 Å². The van der Waals surface area contributed by atoms with Crippen LogP contribution in [0.1, 0.15) is 29.5 Å². The van der Waals surface area contributed by atoms with Crippen molar-refractivity contribution in [3.8, 4) is 0 Å². The summed E-state index contributed by atoms with van der Waals surface area (Å²) in [5.41, 5.74) is 1.79. The molecular weight excluding hydrogens is 340 g/mol. The van der Waals surface area contributed by atoms with Crippen molar-refractivity contribution in [1.29, 1.82) is 0 Å². The Hall–Kier alpha value is -2.66. The molecule has 2 aliphatic rings. The van der Waals surface area contributed by atoms with Gasteiger partial charge in [0.2, 0.25) is 5.91 Å². The van der Waals surface area contributed by atoms with Crippen LogP contribution in [-0.2, 0) is 28.0 Å². The molecule has 0 radical (unpaired) electrons. The molecule has 27 heavy (non-hydrogen) atoms. The third-order valence-corrected chi connectivity index (χ3v) is 5.98. The van der Waals surface area contributed by atoms with Gasteiger partial charge in [-0.05, 0) is 42.5 Å². The molecular formula is C22H24N2O3. The lowest BCUT2D eigenvalue weighted by molar-refractivity contribution is -0.146. The molecule has 0 spiro atoms. The zero-order valence-corrected chi connectivity index (χ0v) is 15.2. The minimum atomic E-state index is -0.934. The van der Waals surface area contributed by atoms with Gasteiger partial charge in [-0.15, -0.1) is 0 Å². The van der Waals surface area contributed by atoms with Crippen LogP contribution in [0.5, 0.6) is 0 Å². The topological polar surface area (TPSA) is 78.4 Å². The normalized spacial score (nSPS) is 23.0. The molecule has 2 aromatic rings. The van der Waals surface area contributed by atoms with Crippen LogP contribution in [0.4, 0.5) is 0 Å². The van der Waals surface area contributed by atoms with Gasteiger partial charge >= 0.3 is 5.97 Å². The lowest BCUT2D eigenvalue weighted by Crippen LogP contribution is -2.54. The van der Waals surface area contributed by atoms with Crippen LogP contribution in [0.2, 0.25) is 0 Å². The van der Waals surface area contributed by atoms with Crippen molar-refractivity contribution >= 4 is 11.9 Å². The van der Waals surface area contributed by atoms with Gasteiger partial charge < -0.3 is 15.7 Å². The van der Waals surface area contributed by atoms with Crippen molar-refractivity contribution in [3.05, 3.63) is 71.3 Å². The number of carboxylic acids is 1. The molecule has 1 heterocycles. The summed E-state index contributed by atoms with van der Waals surface area (Å²) >= 11 is 0. The van der Waals surface area contributed by atoms with E-state index in [-0.39, 0.29) is 12.3 Å². The Morgan fingerprint density at radius 1 is 1.00 bits per heavy atom. The van der Waals surface area contributed by atoms with Crippen LogP contribution >= 0.6 is 0 Å². The molecule has 0 bridgehead atoms. The molecule has 4 rings (SSSR count). The van der Waals surface area contributed by atoms with Crippen LogP contribution in [0.15, 0.2) is 54.6 Å². The molecule has 1 amide bonds. The number of nitrogens with one attached hydrogen (secondary N) is 2. The van der Waals surface area contributed by atoms with Crippen LogP contribution < -0.4 is 10.6 Å². The number of carbonyl (C=O) groups excluding carboxylic acids is 1. The lowest BCUT2D eigenvalue weighted by atomic mass is 9.78. The third kappa shape index (κ3) is 3.23. The highest BCUT2D eigenvalue weighted by molar-refractivity contribution is 5.89. The van der Waals surface area contributed by atoms with E-state index in [0.717, 1.165) is 29.7 Å². The Morgan fingerprint density at radius 3 is 2.19 bits per heavy atom. The smallest absolute Gasteiger partial charge is 0.304 e. The summed E-state index contributed by atoms with van der Waals surface area (Å²) in [6.07, 6.45) is 1.57. The van der Waals surface area contributed by atoms with Crippen LogP contribution in [-0.4, -0.2) is 30.1 Å². The average Bonchev–Trinajstić information content (AvgIpc) is 3.27. The number of hydrogen-bond acceptors (Lipinski definition) is 3. The van der Waals surface area contributed by atoms with Crippen molar-refractivity contribution in [3.63, 3.8) is 0 Å². The second-order valence-electron chi connectivity index (χ2n) is 7.80. The van der Waals surface area contributed by atoms with E-state index in [0.29, 0.717) is 19.4 Å². The molecule has 0 saturated carbocycles. The fourth-order valence-electron chi connectivity index (χ4n) is 4.57. The molecule has 140 valence electrons. The van der Waals surface area contributed by atoms with E-state index in [4.69, 9.17) is 0 Å². The molecule has 0 aromatic heterocycles. The van der Waals surface area contributed by atoms with Gasteiger partial charge in [-0.1, -0.05) is 54.6 Å². The highest BCUT2D eigenvalue weighted by Gasteiger charge is 2.48. The zero-order valence-electron chi connectivity index (χ0n) is 15.2. The number of carbonyl (C=O) groups is 2. The van der Waals surface area contributed by atoms with Crippen molar-refractivity contribution in [2.24, 2.45) is 5.41 Å². The van der Waals surface area contributed by atoms with Gasteiger partial charge in [0.25, 0.3) is 0 Å². The molecule has 1 aliphatic heterocycles. The molecule has 1 fully saturated rings. The van der Waals surface area contributed by atoms with Crippen LogP contribution in [0.3, 0.4) is 0 Å². The van der Waals surface area contributed by atoms with Gasteiger partial charge in [0.1, 0.15) is 0 Å². The van der Waals surface area contributed by atoms with Crippen molar-refractivity contribution in [2.45, 2.75) is 31.2 Å². The van der Waals surface area contributed by atoms with E-state index >= 15 is 0 Å². The van der Waals surface area contributed by atoms with Gasteiger partial charge in [0.05, 0.1) is 17.4 Å². The summed E-state index contributed by atoms with van der Waals surface area (Å²) in [6.45, 7) is 1.47. The van der Waals surface area contributed by atoms with Gasteiger partial charge in [-0.25, -0.2) is 0 Å². The van der Waals surface area contributed by atoms with Gasteiger partial charge in [-0.3, -0.25) is 9.59 Å². The van der Waals surface area contributed by atoms with E-state index in [9.17, 15) is 14.7 Å².